The number of carboxylic acid groups (broad SMARTS) is 1. The van der Waals surface area contributed by atoms with Gasteiger partial charge >= 0.3 is 5.97 Å². The van der Waals surface area contributed by atoms with Gasteiger partial charge in [0.1, 0.15) is 5.75 Å². The first-order chi connectivity index (χ1) is 7.82. The van der Waals surface area contributed by atoms with Crippen LogP contribution >= 0.6 is 0 Å². The molecule has 0 saturated heterocycles. The van der Waals surface area contributed by atoms with Crippen molar-refractivity contribution < 1.29 is 24.7 Å². The number of carboxylic acids is 1. The lowest BCUT2D eigenvalue weighted by Crippen LogP contribution is -2.09. The molecule has 0 saturated carbocycles. The van der Waals surface area contributed by atoms with Crippen LogP contribution < -0.4 is 5.32 Å². The first-order valence-electron chi connectivity index (χ1n) is 4.35. The third-order valence-electron chi connectivity index (χ3n) is 1.84. The SMILES string of the molecule is CC(=O)Nc1c(O)cc(C(=O)O)cc1[N+](=O)[O-]. The number of amides is 1. The number of nitro benzene ring substituents is 1. The van der Waals surface area contributed by atoms with Crippen LogP contribution in [0.3, 0.4) is 0 Å². The number of rotatable bonds is 3. The van der Waals surface area contributed by atoms with Gasteiger partial charge in [-0.15, -0.1) is 0 Å². The summed E-state index contributed by atoms with van der Waals surface area (Å²) in [6, 6.07) is 1.58. The number of anilines is 1. The topological polar surface area (TPSA) is 130 Å². The smallest absolute Gasteiger partial charge is 0.336 e. The normalized spacial score (nSPS) is 9.71. The highest BCUT2D eigenvalue weighted by molar-refractivity contribution is 5.96. The van der Waals surface area contributed by atoms with E-state index in [1.807, 2.05) is 0 Å². The summed E-state index contributed by atoms with van der Waals surface area (Å²) < 4.78 is 0. The van der Waals surface area contributed by atoms with Gasteiger partial charge in [-0.25, -0.2) is 4.79 Å². The molecule has 1 aromatic rings. The fourth-order valence-corrected chi connectivity index (χ4v) is 1.18. The predicted octanol–water partition coefficient (Wildman–Crippen LogP) is 0.957. The second kappa shape index (κ2) is 4.47. The van der Waals surface area contributed by atoms with Crippen LogP contribution in [0.2, 0.25) is 0 Å². The van der Waals surface area contributed by atoms with Crippen LogP contribution in [0, 0.1) is 10.1 Å². The number of phenols is 1. The average Bonchev–Trinajstić information content (AvgIpc) is 2.19. The number of phenolic OH excluding ortho intramolecular Hbond substituents is 1. The molecule has 0 fully saturated rings. The van der Waals surface area contributed by atoms with Crippen molar-refractivity contribution in [2.75, 3.05) is 5.32 Å². The fourth-order valence-electron chi connectivity index (χ4n) is 1.18. The molecule has 0 atom stereocenters. The summed E-state index contributed by atoms with van der Waals surface area (Å²) >= 11 is 0. The molecule has 0 bridgehead atoms. The van der Waals surface area contributed by atoms with Crippen molar-refractivity contribution in [1.82, 2.24) is 0 Å². The number of nitrogens with one attached hydrogen (secondary N) is 1. The van der Waals surface area contributed by atoms with Gasteiger partial charge in [0.15, 0.2) is 5.69 Å². The van der Waals surface area contributed by atoms with Crippen LogP contribution in [0.15, 0.2) is 12.1 Å². The van der Waals surface area contributed by atoms with Gasteiger partial charge in [0.2, 0.25) is 5.91 Å². The van der Waals surface area contributed by atoms with E-state index in [-0.39, 0.29) is 0 Å². The lowest BCUT2D eigenvalue weighted by Gasteiger charge is -2.06. The highest BCUT2D eigenvalue weighted by Gasteiger charge is 2.22. The summed E-state index contributed by atoms with van der Waals surface area (Å²) in [5, 5.41) is 30.8. The number of nitro groups is 1. The molecule has 8 nitrogen and oxygen atoms in total. The number of aromatic carboxylic acids is 1. The summed E-state index contributed by atoms with van der Waals surface area (Å²) in [6.45, 7) is 1.11. The largest absolute Gasteiger partial charge is 0.505 e. The zero-order valence-corrected chi connectivity index (χ0v) is 8.63. The lowest BCUT2D eigenvalue weighted by molar-refractivity contribution is -0.384. The highest BCUT2D eigenvalue weighted by atomic mass is 16.6. The molecule has 0 aromatic heterocycles. The van der Waals surface area contributed by atoms with Crippen LogP contribution in [0.25, 0.3) is 0 Å². The fraction of sp³-hybridized carbons (Fsp3) is 0.111. The van der Waals surface area contributed by atoms with E-state index < -0.39 is 39.5 Å². The zero-order valence-electron chi connectivity index (χ0n) is 8.63. The molecule has 0 radical (unpaired) electrons. The van der Waals surface area contributed by atoms with Gasteiger partial charge in [0.25, 0.3) is 5.69 Å². The molecular weight excluding hydrogens is 232 g/mol. The average molecular weight is 240 g/mol. The molecule has 0 aliphatic rings. The number of benzene rings is 1. The van der Waals surface area contributed by atoms with E-state index in [2.05, 4.69) is 5.32 Å². The van der Waals surface area contributed by atoms with E-state index in [1.165, 1.54) is 0 Å². The highest BCUT2D eigenvalue weighted by Crippen LogP contribution is 2.35. The summed E-state index contributed by atoms with van der Waals surface area (Å²) in [6.07, 6.45) is 0. The first kappa shape index (κ1) is 12.4. The van der Waals surface area contributed by atoms with Gasteiger partial charge in [0, 0.05) is 13.0 Å². The number of hydrogen-bond acceptors (Lipinski definition) is 5. The quantitative estimate of drug-likeness (QED) is 0.409. The molecule has 3 N–H and O–H groups in total. The minimum absolute atomic E-state index is 0.424. The molecular formula is C9H8N2O6. The first-order valence-corrected chi connectivity index (χ1v) is 4.35. The van der Waals surface area contributed by atoms with Gasteiger partial charge in [-0.1, -0.05) is 0 Å². The van der Waals surface area contributed by atoms with Crippen LogP contribution in [0.4, 0.5) is 11.4 Å². The minimum atomic E-state index is -1.42. The van der Waals surface area contributed by atoms with Crippen molar-refractivity contribution in [2.24, 2.45) is 0 Å². The monoisotopic (exact) mass is 240 g/mol. The van der Waals surface area contributed by atoms with E-state index in [0.717, 1.165) is 19.1 Å². The third kappa shape index (κ3) is 2.68. The Hall–Kier alpha value is -2.64. The van der Waals surface area contributed by atoms with E-state index in [1.54, 1.807) is 0 Å². The van der Waals surface area contributed by atoms with Gasteiger partial charge in [0.05, 0.1) is 10.5 Å². The molecule has 0 aliphatic heterocycles. The molecule has 0 aliphatic carbocycles. The van der Waals surface area contributed by atoms with E-state index in [4.69, 9.17) is 5.11 Å². The van der Waals surface area contributed by atoms with Crippen molar-refractivity contribution in [2.45, 2.75) is 6.92 Å². The Balaban J connectivity index is 3.43. The molecule has 1 rings (SSSR count). The van der Waals surface area contributed by atoms with Gasteiger partial charge < -0.3 is 15.5 Å². The van der Waals surface area contributed by atoms with Crippen LogP contribution in [0.5, 0.6) is 5.75 Å². The maximum atomic E-state index is 10.8. The van der Waals surface area contributed by atoms with Crippen molar-refractivity contribution in [1.29, 1.82) is 0 Å². The molecule has 0 spiro atoms. The van der Waals surface area contributed by atoms with Crippen LogP contribution in [0.1, 0.15) is 17.3 Å². The Bertz CT molecular complexity index is 510. The predicted molar refractivity (Wildman–Crippen MR) is 56.0 cm³/mol. The van der Waals surface area contributed by atoms with Gasteiger partial charge in [-0.05, 0) is 6.07 Å². The van der Waals surface area contributed by atoms with Gasteiger partial charge in [-0.2, -0.15) is 0 Å². The second-order valence-electron chi connectivity index (χ2n) is 3.13. The lowest BCUT2D eigenvalue weighted by atomic mass is 10.1. The van der Waals surface area contributed by atoms with Crippen molar-refractivity contribution in [3.63, 3.8) is 0 Å². The zero-order chi connectivity index (χ0) is 13.2. The summed E-state index contributed by atoms with van der Waals surface area (Å²) in [5.41, 5.74) is -1.55. The Morgan fingerprint density at radius 2 is 2.00 bits per heavy atom. The maximum absolute atomic E-state index is 10.8. The number of hydrogen-bond donors (Lipinski definition) is 3. The summed E-state index contributed by atoms with van der Waals surface area (Å²) in [5.74, 6) is -2.71. The van der Waals surface area contributed by atoms with Crippen LogP contribution in [-0.2, 0) is 4.79 Å². The molecule has 1 aromatic carbocycles. The maximum Gasteiger partial charge on any atom is 0.336 e. The molecule has 90 valence electrons. The van der Waals surface area contributed by atoms with Crippen LogP contribution in [-0.4, -0.2) is 27.0 Å². The van der Waals surface area contributed by atoms with E-state index in [9.17, 15) is 24.8 Å². The Labute approximate surface area is 94.6 Å². The molecule has 1 amide bonds. The molecule has 8 heteroatoms. The van der Waals surface area contributed by atoms with Crippen molar-refractivity contribution in [3.8, 4) is 5.75 Å². The molecule has 17 heavy (non-hydrogen) atoms. The number of carbonyl (C=O) groups is 2. The van der Waals surface area contributed by atoms with E-state index in [0.29, 0.717) is 0 Å². The molecule has 0 heterocycles. The summed E-state index contributed by atoms with van der Waals surface area (Å²) in [4.78, 5) is 31.2. The Kier molecular flexibility index (Phi) is 3.27. The minimum Gasteiger partial charge on any atom is -0.505 e. The third-order valence-corrected chi connectivity index (χ3v) is 1.84. The van der Waals surface area contributed by atoms with Gasteiger partial charge in [-0.3, -0.25) is 14.9 Å². The Morgan fingerprint density at radius 1 is 1.41 bits per heavy atom. The second-order valence-corrected chi connectivity index (χ2v) is 3.13. The molecule has 0 unspecified atom stereocenters. The number of carbonyl (C=O) groups excluding carboxylic acids is 1. The standard InChI is InChI=1S/C9H8N2O6/c1-4(12)10-8-6(11(16)17)2-5(9(14)15)3-7(8)13/h2-3,13H,1H3,(H,10,12)(H,14,15). The Morgan fingerprint density at radius 3 is 2.41 bits per heavy atom. The number of nitrogens with zero attached hydrogens (tertiary/aromatic N) is 1. The summed E-state index contributed by atoms with van der Waals surface area (Å²) in [7, 11) is 0. The number of aromatic hydroxyl groups is 1. The van der Waals surface area contributed by atoms with E-state index >= 15 is 0 Å². The van der Waals surface area contributed by atoms with Crippen molar-refractivity contribution in [3.05, 3.63) is 27.8 Å². The van der Waals surface area contributed by atoms with Crippen molar-refractivity contribution >= 4 is 23.3 Å².